The first-order valence-corrected chi connectivity index (χ1v) is 7.77. The van der Waals surface area contributed by atoms with Crippen molar-refractivity contribution in [2.45, 2.75) is 18.8 Å². The molecule has 3 aromatic heterocycles. The molecule has 1 aliphatic heterocycles. The van der Waals surface area contributed by atoms with Gasteiger partial charge in [0.2, 0.25) is 0 Å². The maximum absolute atomic E-state index is 12.8. The van der Waals surface area contributed by atoms with Gasteiger partial charge in [-0.25, -0.2) is 15.0 Å². The van der Waals surface area contributed by atoms with Crippen LogP contribution >= 0.6 is 0 Å². The highest BCUT2D eigenvalue weighted by molar-refractivity contribution is 6.04. The molecule has 1 N–H and O–H groups in total. The fourth-order valence-electron chi connectivity index (χ4n) is 3.25. The Hall–Kier alpha value is -2.70. The van der Waals surface area contributed by atoms with Gasteiger partial charge in [-0.15, -0.1) is 0 Å². The van der Waals surface area contributed by atoms with E-state index in [4.69, 9.17) is 0 Å². The number of piperidine rings is 1. The summed E-state index contributed by atoms with van der Waals surface area (Å²) in [6.07, 6.45) is 8.85. The number of hydrogen-bond donors (Lipinski definition) is 1. The highest BCUT2D eigenvalue weighted by Gasteiger charge is 2.26. The van der Waals surface area contributed by atoms with Gasteiger partial charge in [0, 0.05) is 44.1 Å². The van der Waals surface area contributed by atoms with Crippen LogP contribution in [0.4, 0.5) is 0 Å². The molecule has 0 radical (unpaired) electrons. The Labute approximate surface area is 133 Å². The van der Waals surface area contributed by atoms with Gasteiger partial charge < -0.3 is 14.5 Å². The monoisotopic (exact) mass is 310 g/mol. The molecule has 1 amide bonds. The number of carbonyl (C=O) groups is 1. The molecule has 4 rings (SSSR count). The first kappa shape index (κ1) is 13.9. The number of H-pyrrole nitrogens is 1. The number of fused-ring (bicyclic) bond motifs is 1. The average molecular weight is 310 g/mol. The molecule has 0 bridgehead atoms. The number of carbonyl (C=O) groups excluding carboxylic acids is 1. The van der Waals surface area contributed by atoms with Gasteiger partial charge >= 0.3 is 0 Å². The lowest BCUT2D eigenvalue weighted by atomic mass is 9.93. The van der Waals surface area contributed by atoms with Crippen molar-refractivity contribution in [3.8, 4) is 0 Å². The van der Waals surface area contributed by atoms with E-state index in [0.29, 0.717) is 17.0 Å². The number of pyridine rings is 1. The number of aromatic nitrogens is 5. The summed E-state index contributed by atoms with van der Waals surface area (Å²) in [6.45, 7) is 1.50. The van der Waals surface area contributed by atoms with Crippen LogP contribution in [0.5, 0.6) is 0 Å². The number of rotatable bonds is 2. The van der Waals surface area contributed by atoms with Crippen molar-refractivity contribution in [1.82, 2.24) is 29.4 Å². The van der Waals surface area contributed by atoms with E-state index in [1.54, 1.807) is 24.9 Å². The van der Waals surface area contributed by atoms with Crippen LogP contribution in [0.25, 0.3) is 11.2 Å². The van der Waals surface area contributed by atoms with E-state index in [9.17, 15) is 4.79 Å². The van der Waals surface area contributed by atoms with E-state index in [-0.39, 0.29) is 5.91 Å². The van der Waals surface area contributed by atoms with Gasteiger partial charge in [0.05, 0.1) is 18.2 Å². The number of aromatic amines is 1. The second-order valence-corrected chi connectivity index (χ2v) is 5.96. The zero-order chi connectivity index (χ0) is 15.8. The fraction of sp³-hybridized carbons (Fsp3) is 0.375. The lowest BCUT2D eigenvalue weighted by Crippen LogP contribution is -2.38. The number of nitrogens with zero attached hydrogens (tertiary/aromatic N) is 5. The summed E-state index contributed by atoms with van der Waals surface area (Å²) in [5, 5.41) is 0. The molecular formula is C16H18N6O. The summed E-state index contributed by atoms with van der Waals surface area (Å²) in [5.41, 5.74) is 3.21. The molecule has 23 heavy (non-hydrogen) atoms. The Kier molecular flexibility index (Phi) is 3.33. The Morgan fingerprint density at radius 1 is 1.30 bits per heavy atom. The van der Waals surface area contributed by atoms with Gasteiger partial charge in [-0.3, -0.25) is 4.79 Å². The van der Waals surface area contributed by atoms with Crippen molar-refractivity contribution in [1.29, 1.82) is 0 Å². The van der Waals surface area contributed by atoms with Crippen molar-refractivity contribution in [3.05, 3.63) is 42.4 Å². The molecule has 1 aliphatic rings. The van der Waals surface area contributed by atoms with Gasteiger partial charge in [-0.1, -0.05) is 0 Å². The quantitative estimate of drug-likeness (QED) is 0.781. The van der Waals surface area contributed by atoms with Crippen LogP contribution in [0.15, 0.2) is 31.1 Å². The van der Waals surface area contributed by atoms with E-state index in [2.05, 4.69) is 19.9 Å². The van der Waals surface area contributed by atoms with Crippen LogP contribution in [0.1, 0.15) is 34.8 Å². The maximum atomic E-state index is 12.8. The number of nitrogens with one attached hydrogen (secondary N) is 1. The number of amides is 1. The first-order chi connectivity index (χ1) is 11.2. The lowest BCUT2D eigenvalue weighted by Gasteiger charge is -2.31. The standard InChI is InChI=1S/C16H18N6O/c1-21-10-20-14-12(2-5-18-15(14)21)16(23)22-6-3-11(4-7-22)13-8-17-9-19-13/h2,5,8-11H,3-4,6-7H2,1H3,(H,17,19). The minimum Gasteiger partial charge on any atom is -0.348 e. The third kappa shape index (κ3) is 2.38. The summed E-state index contributed by atoms with van der Waals surface area (Å²) in [7, 11) is 1.88. The van der Waals surface area contributed by atoms with Crippen LogP contribution in [0.2, 0.25) is 0 Å². The zero-order valence-electron chi connectivity index (χ0n) is 12.9. The topological polar surface area (TPSA) is 79.7 Å². The molecule has 0 saturated carbocycles. The molecule has 0 aromatic carbocycles. The molecular weight excluding hydrogens is 292 g/mol. The van der Waals surface area contributed by atoms with Crippen molar-refractivity contribution in [3.63, 3.8) is 0 Å². The second-order valence-electron chi connectivity index (χ2n) is 5.96. The van der Waals surface area contributed by atoms with E-state index in [1.807, 2.05) is 22.7 Å². The minimum atomic E-state index is 0.0409. The normalized spacial score (nSPS) is 16.1. The molecule has 0 atom stereocenters. The van der Waals surface area contributed by atoms with E-state index in [0.717, 1.165) is 37.3 Å². The second kappa shape index (κ2) is 5.49. The lowest BCUT2D eigenvalue weighted by molar-refractivity contribution is 0.0714. The molecule has 1 fully saturated rings. The predicted octanol–water partition coefficient (Wildman–Crippen LogP) is 1.71. The molecule has 4 heterocycles. The summed E-state index contributed by atoms with van der Waals surface area (Å²) in [5.74, 6) is 0.494. The first-order valence-electron chi connectivity index (χ1n) is 7.77. The van der Waals surface area contributed by atoms with Crippen molar-refractivity contribution < 1.29 is 4.79 Å². The van der Waals surface area contributed by atoms with Crippen molar-refractivity contribution in [2.75, 3.05) is 13.1 Å². The number of imidazole rings is 2. The van der Waals surface area contributed by atoms with Gasteiger partial charge in [0.1, 0.15) is 5.52 Å². The minimum absolute atomic E-state index is 0.0409. The molecule has 7 nitrogen and oxygen atoms in total. The van der Waals surface area contributed by atoms with Gasteiger partial charge in [-0.2, -0.15) is 0 Å². The van der Waals surface area contributed by atoms with Crippen LogP contribution in [-0.4, -0.2) is 48.4 Å². The van der Waals surface area contributed by atoms with Crippen LogP contribution in [0.3, 0.4) is 0 Å². The summed E-state index contributed by atoms with van der Waals surface area (Å²) in [4.78, 5) is 30.6. The van der Waals surface area contributed by atoms with Gasteiger partial charge in [-0.05, 0) is 18.9 Å². The van der Waals surface area contributed by atoms with Gasteiger partial charge in [0.15, 0.2) is 5.65 Å². The third-order valence-electron chi connectivity index (χ3n) is 4.57. The Balaban J connectivity index is 1.53. The highest BCUT2D eigenvalue weighted by Crippen LogP contribution is 2.27. The molecule has 0 spiro atoms. The maximum Gasteiger partial charge on any atom is 0.256 e. The van der Waals surface area contributed by atoms with Gasteiger partial charge in [0.25, 0.3) is 5.91 Å². The SMILES string of the molecule is Cn1cnc2c(C(=O)N3CCC(c4cnc[nH]4)CC3)ccnc21. The Morgan fingerprint density at radius 3 is 2.87 bits per heavy atom. The number of likely N-dealkylation sites (tertiary alicyclic amines) is 1. The van der Waals surface area contributed by atoms with Crippen LogP contribution in [0, 0.1) is 0 Å². The predicted molar refractivity (Wildman–Crippen MR) is 85.0 cm³/mol. The third-order valence-corrected chi connectivity index (χ3v) is 4.57. The Morgan fingerprint density at radius 2 is 2.13 bits per heavy atom. The fourth-order valence-corrected chi connectivity index (χ4v) is 3.25. The van der Waals surface area contributed by atoms with E-state index >= 15 is 0 Å². The van der Waals surface area contributed by atoms with E-state index < -0.39 is 0 Å². The van der Waals surface area contributed by atoms with Crippen molar-refractivity contribution >= 4 is 17.1 Å². The number of aryl methyl sites for hydroxylation is 1. The molecule has 3 aromatic rings. The molecule has 1 saturated heterocycles. The molecule has 7 heteroatoms. The molecule has 118 valence electrons. The highest BCUT2D eigenvalue weighted by atomic mass is 16.2. The van der Waals surface area contributed by atoms with Crippen LogP contribution in [-0.2, 0) is 7.05 Å². The number of hydrogen-bond acceptors (Lipinski definition) is 4. The van der Waals surface area contributed by atoms with E-state index in [1.165, 1.54) is 0 Å². The average Bonchev–Trinajstić information content (AvgIpc) is 3.25. The summed E-state index contributed by atoms with van der Waals surface area (Å²) in [6, 6.07) is 1.76. The summed E-state index contributed by atoms with van der Waals surface area (Å²) >= 11 is 0. The largest absolute Gasteiger partial charge is 0.348 e. The molecule has 0 unspecified atom stereocenters. The zero-order valence-corrected chi connectivity index (χ0v) is 12.9. The van der Waals surface area contributed by atoms with Crippen LogP contribution < -0.4 is 0 Å². The summed E-state index contributed by atoms with van der Waals surface area (Å²) < 4.78 is 1.83. The molecule has 0 aliphatic carbocycles. The Bertz CT molecular complexity index is 830. The van der Waals surface area contributed by atoms with Crippen molar-refractivity contribution in [2.24, 2.45) is 7.05 Å². The smallest absolute Gasteiger partial charge is 0.256 e.